The monoisotopic (exact) mass is 262 g/mol. The van der Waals surface area contributed by atoms with Crippen molar-refractivity contribution in [2.45, 2.75) is 37.7 Å². The van der Waals surface area contributed by atoms with Crippen molar-refractivity contribution in [1.82, 2.24) is 20.1 Å². The Balaban J connectivity index is 1.92. The van der Waals surface area contributed by atoms with Gasteiger partial charge in [0, 0.05) is 6.54 Å². The van der Waals surface area contributed by atoms with Gasteiger partial charge >= 0.3 is 6.18 Å². The third-order valence-electron chi connectivity index (χ3n) is 3.37. The molecule has 1 aliphatic heterocycles. The predicted molar refractivity (Wildman–Crippen MR) is 54.5 cm³/mol. The maximum atomic E-state index is 12.6. The largest absolute Gasteiger partial charge is 0.453 e. The minimum atomic E-state index is -4.54. The summed E-state index contributed by atoms with van der Waals surface area (Å²) in [4.78, 5) is 3.54. The van der Waals surface area contributed by atoms with Crippen LogP contribution in [0.4, 0.5) is 13.2 Å². The van der Waals surface area contributed by atoms with E-state index in [2.05, 4.69) is 15.4 Å². The lowest BCUT2D eigenvalue weighted by Gasteiger charge is -2.27. The van der Waals surface area contributed by atoms with Gasteiger partial charge in [-0.15, -0.1) is 5.10 Å². The maximum Gasteiger partial charge on any atom is 0.453 e. The van der Waals surface area contributed by atoms with E-state index in [0.29, 0.717) is 13.1 Å². The van der Waals surface area contributed by atoms with Crippen LogP contribution in [-0.4, -0.2) is 32.5 Å². The van der Waals surface area contributed by atoms with Gasteiger partial charge in [-0.25, -0.2) is 9.67 Å². The van der Waals surface area contributed by atoms with Crippen molar-refractivity contribution >= 4 is 0 Å². The average Bonchev–Trinajstić information content (AvgIpc) is 3.04. The third kappa shape index (κ3) is 1.99. The number of hydrogen-bond donors (Lipinski definition) is 2. The lowest BCUT2D eigenvalue weighted by Crippen LogP contribution is -2.41. The second-order valence-electron chi connectivity index (χ2n) is 4.77. The summed E-state index contributed by atoms with van der Waals surface area (Å²) in [6, 6.07) is -0.546. The van der Waals surface area contributed by atoms with Gasteiger partial charge in [-0.1, -0.05) is 0 Å². The zero-order valence-corrected chi connectivity index (χ0v) is 9.48. The summed E-state index contributed by atoms with van der Waals surface area (Å²) in [5.41, 5.74) is 0. The van der Waals surface area contributed by atoms with Gasteiger partial charge in [0.15, 0.2) is 0 Å². The van der Waals surface area contributed by atoms with Crippen LogP contribution in [0, 0.1) is 5.92 Å². The molecule has 0 radical (unpaired) electrons. The van der Waals surface area contributed by atoms with Crippen LogP contribution in [0.3, 0.4) is 0 Å². The van der Waals surface area contributed by atoms with E-state index in [9.17, 15) is 18.3 Å². The Bertz CT molecular complexity index is 454. The van der Waals surface area contributed by atoms with Crippen LogP contribution in [-0.2, 0) is 12.7 Å². The first-order valence-electron chi connectivity index (χ1n) is 5.90. The standard InChI is InChI=1S/C10H13F3N4O/c11-10(12,13)9-15-8-6(7(18)5-1-2-5)14-3-4-17(8)16-9/h5-7,14,18H,1-4H2. The van der Waals surface area contributed by atoms with Crippen molar-refractivity contribution < 1.29 is 18.3 Å². The number of hydrogen-bond acceptors (Lipinski definition) is 4. The van der Waals surface area contributed by atoms with Crippen LogP contribution in [0.5, 0.6) is 0 Å². The highest BCUT2D eigenvalue weighted by atomic mass is 19.4. The van der Waals surface area contributed by atoms with Crippen LogP contribution in [0.1, 0.15) is 30.5 Å². The van der Waals surface area contributed by atoms with Crippen LogP contribution in [0.2, 0.25) is 0 Å². The van der Waals surface area contributed by atoms with Gasteiger partial charge in [0.05, 0.1) is 18.7 Å². The van der Waals surface area contributed by atoms with Crippen molar-refractivity contribution in [2.24, 2.45) is 5.92 Å². The molecule has 2 N–H and O–H groups in total. The van der Waals surface area contributed by atoms with Crippen molar-refractivity contribution in [1.29, 1.82) is 0 Å². The molecule has 1 aliphatic carbocycles. The molecule has 1 saturated carbocycles. The van der Waals surface area contributed by atoms with E-state index in [1.54, 1.807) is 0 Å². The number of alkyl halides is 3. The third-order valence-corrected chi connectivity index (χ3v) is 3.37. The lowest BCUT2D eigenvalue weighted by atomic mass is 10.0. The summed E-state index contributed by atoms with van der Waals surface area (Å²) in [5.74, 6) is -0.776. The topological polar surface area (TPSA) is 63.0 Å². The zero-order chi connectivity index (χ0) is 12.9. The Labute approximate surface area is 101 Å². The van der Waals surface area contributed by atoms with Gasteiger partial charge in [-0.2, -0.15) is 13.2 Å². The van der Waals surface area contributed by atoms with Gasteiger partial charge in [0.2, 0.25) is 0 Å². The fraction of sp³-hybridized carbons (Fsp3) is 0.800. The molecule has 8 heteroatoms. The number of aliphatic hydroxyl groups is 1. The van der Waals surface area contributed by atoms with Crippen molar-refractivity contribution in [3.63, 3.8) is 0 Å². The molecule has 2 unspecified atom stereocenters. The lowest BCUT2D eigenvalue weighted by molar-refractivity contribution is -0.145. The minimum Gasteiger partial charge on any atom is -0.391 e. The second-order valence-corrected chi connectivity index (χ2v) is 4.77. The molecule has 18 heavy (non-hydrogen) atoms. The molecule has 100 valence electrons. The molecule has 1 aromatic heterocycles. The Hall–Kier alpha value is -1.15. The van der Waals surface area contributed by atoms with E-state index in [-0.39, 0.29) is 11.7 Å². The molecule has 2 heterocycles. The fourth-order valence-electron chi connectivity index (χ4n) is 2.27. The summed E-state index contributed by atoms with van der Waals surface area (Å²) in [7, 11) is 0. The Kier molecular flexibility index (Phi) is 2.60. The van der Waals surface area contributed by atoms with Crippen molar-refractivity contribution in [3.8, 4) is 0 Å². The quantitative estimate of drug-likeness (QED) is 0.824. The van der Waals surface area contributed by atoms with Crippen LogP contribution in [0.25, 0.3) is 0 Å². The Morgan fingerprint density at radius 3 is 2.72 bits per heavy atom. The molecule has 0 amide bonds. The van der Waals surface area contributed by atoms with Crippen LogP contribution < -0.4 is 5.32 Å². The average molecular weight is 262 g/mol. The molecule has 0 aromatic carbocycles. The number of halogens is 3. The number of nitrogens with zero attached hydrogens (tertiary/aromatic N) is 3. The summed E-state index contributed by atoms with van der Waals surface area (Å²) in [6.45, 7) is 0.828. The van der Waals surface area contributed by atoms with E-state index in [4.69, 9.17) is 0 Å². The molecule has 2 aliphatic rings. The van der Waals surface area contributed by atoms with Gasteiger partial charge in [-0.3, -0.25) is 0 Å². The molecule has 5 nitrogen and oxygen atoms in total. The molecule has 0 spiro atoms. The number of aromatic nitrogens is 3. The highest BCUT2D eigenvalue weighted by molar-refractivity contribution is 5.08. The van der Waals surface area contributed by atoms with Crippen molar-refractivity contribution in [2.75, 3.05) is 6.54 Å². The highest BCUT2D eigenvalue weighted by Gasteiger charge is 2.42. The van der Waals surface area contributed by atoms with Crippen molar-refractivity contribution in [3.05, 3.63) is 11.6 Å². The number of nitrogens with one attached hydrogen (secondary N) is 1. The summed E-state index contributed by atoms with van der Waals surface area (Å²) in [5, 5.41) is 16.5. The molecule has 0 saturated heterocycles. The Morgan fingerprint density at radius 2 is 2.11 bits per heavy atom. The van der Waals surface area contributed by atoms with Gasteiger partial charge in [-0.05, 0) is 18.8 Å². The number of rotatable bonds is 2. The number of fused-ring (bicyclic) bond motifs is 1. The fourth-order valence-corrected chi connectivity index (χ4v) is 2.27. The summed E-state index contributed by atoms with van der Waals surface area (Å²) < 4.78 is 38.9. The second kappa shape index (κ2) is 3.92. The first-order valence-corrected chi connectivity index (χ1v) is 5.90. The SMILES string of the molecule is OC(C1CC1)C1NCCn2nc(C(F)(F)F)nc21. The first-order chi connectivity index (χ1) is 8.47. The molecular weight excluding hydrogens is 249 g/mol. The number of aliphatic hydroxyl groups excluding tert-OH is 1. The van der Waals surface area contributed by atoms with E-state index in [1.807, 2.05) is 0 Å². The van der Waals surface area contributed by atoms with Gasteiger partial charge in [0.25, 0.3) is 5.82 Å². The highest BCUT2D eigenvalue weighted by Crippen LogP contribution is 2.38. The molecular formula is C10H13F3N4O. The molecule has 3 rings (SSSR count). The van der Waals surface area contributed by atoms with Crippen LogP contribution in [0.15, 0.2) is 0 Å². The van der Waals surface area contributed by atoms with E-state index >= 15 is 0 Å². The van der Waals surface area contributed by atoms with E-state index in [0.717, 1.165) is 12.8 Å². The molecule has 1 aromatic rings. The van der Waals surface area contributed by atoms with E-state index < -0.39 is 24.1 Å². The van der Waals surface area contributed by atoms with Gasteiger partial charge in [0.1, 0.15) is 5.82 Å². The normalized spacial score (nSPS) is 25.9. The molecule has 2 atom stereocenters. The smallest absolute Gasteiger partial charge is 0.391 e. The maximum absolute atomic E-state index is 12.6. The minimum absolute atomic E-state index is 0.167. The van der Waals surface area contributed by atoms with Crippen LogP contribution >= 0.6 is 0 Å². The first kappa shape index (κ1) is 11.9. The zero-order valence-electron chi connectivity index (χ0n) is 9.48. The van der Waals surface area contributed by atoms with Gasteiger partial charge < -0.3 is 10.4 Å². The predicted octanol–water partition coefficient (Wildman–Crippen LogP) is 0.712. The summed E-state index contributed by atoms with van der Waals surface area (Å²) in [6.07, 6.45) is -3.40. The summed E-state index contributed by atoms with van der Waals surface area (Å²) >= 11 is 0. The molecule has 1 fully saturated rings. The molecule has 0 bridgehead atoms. The van der Waals surface area contributed by atoms with E-state index in [1.165, 1.54) is 4.68 Å². The Morgan fingerprint density at radius 1 is 1.39 bits per heavy atom.